The SMILES string of the molecule is [2H]C([2H])([2H])Oc1cc(C(=O)O)ccc1Cc1cn(C)c2ccc(NC(=O)OC3CCCC3)cc12. The number of carbonyl (C=O) groups excluding carboxylic acids is 1. The van der Waals surface area contributed by atoms with Crippen molar-refractivity contribution in [2.24, 2.45) is 7.05 Å². The highest BCUT2D eigenvalue weighted by atomic mass is 16.6. The van der Waals surface area contributed by atoms with E-state index in [2.05, 4.69) is 5.32 Å². The molecule has 0 atom stereocenters. The molecule has 3 aromatic rings. The van der Waals surface area contributed by atoms with Crippen LogP contribution in [0.25, 0.3) is 10.9 Å². The van der Waals surface area contributed by atoms with Gasteiger partial charge in [-0.2, -0.15) is 0 Å². The Hall–Kier alpha value is -3.48. The zero-order chi connectivity index (χ0) is 24.5. The summed E-state index contributed by atoms with van der Waals surface area (Å²) in [5.74, 6) is -1.18. The Balaban J connectivity index is 1.62. The van der Waals surface area contributed by atoms with Crippen molar-refractivity contribution in [3.63, 3.8) is 0 Å². The van der Waals surface area contributed by atoms with Crippen molar-refractivity contribution in [3.05, 3.63) is 59.3 Å². The number of amides is 1. The molecule has 2 aromatic carbocycles. The molecule has 0 radical (unpaired) electrons. The number of hydrogen-bond acceptors (Lipinski definition) is 4. The van der Waals surface area contributed by atoms with Crippen molar-refractivity contribution < 1.29 is 28.3 Å². The van der Waals surface area contributed by atoms with Crippen LogP contribution in [0.3, 0.4) is 0 Å². The molecule has 1 aliphatic rings. The van der Waals surface area contributed by atoms with Gasteiger partial charge in [0.1, 0.15) is 11.9 Å². The van der Waals surface area contributed by atoms with Crippen LogP contribution in [-0.2, 0) is 18.2 Å². The number of aromatic nitrogens is 1. The van der Waals surface area contributed by atoms with Crippen LogP contribution in [0.4, 0.5) is 10.5 Å². The monoisotopic (exact) mass is 425 g/mol. The van der Waals surface area contributed by atoms with E-state index in [0.717, 1.165) is 42.1 Å². The molecule has 4 rings (SSSR count). The van der Waals surface area contributed by atoms with E-state index >= 15 is 0 Å². The summed E-state index contributed by atoms with van der Waals surface area (Å²) in [6.07, 6.45) is 5.60. The lowest BCUT2D eigenvalue weighted by atomic mass is 10.0. The number of benzene rings is 2. The first-order valence-corrected chi connectivity index (χ1v) is 10.2. The van der Waals surface area contributed by atoms with Crippen molar-refractivity contribution in [3.8, 4) is 5.75 Å². The summed E-state index contributed by atoms with van der Waals surface area (Å²) >= 11 is 0. The van der Waals surface area contributed by atoms with Gasteiger partial charge in [0.05, 0.1) is 16.7 Å². The van der Waals surface area contributed by atoms with Crippen LogP contribution >= 0.6 is 0 Å². The number of methoxy groups -OCH3 is 1. The van der Waals surface area contributed by atoms with Crippen LogP contribution in [-0.4, -0.2) is 34.9 Å². The van der Waals surface area contributed by atoms with Gasteiger partial charge in [-0.3, -0.25) is 5.32 Å². The largest absolute Gasteiger partial charge is 0.496 e. The van der Waals surface area contributed by atoms with Gasteiger partial charge >= 0.3 is 12.1 Å². The molecule has 0 spiro atoms. The summed E-state index contributed by atoms with van der Waals surface area (Å²) in [5, 5.41) is 12.9. The molecule has 1 fully saturated rings. The number of fused-ring (bicyclic) bond motifs is 1. The summed E-state index contributed by atoms with van der Waals surface area (Å²) < 4.78 is 34.8. The maximum atomic E-state index is 12.3. The van der Waals surface area contributed by atoms with Crippen molar-refractivity contribution in [2.45, 2.75) is 38.2 Å². The van der Waals surface area contributed by atoms with E-state index in [-0.39, 0.29) is 17.4 Å². The number of carboxylic acids is 1. The predicted octanol–water partition coefficient (Wildman–Crippen LogP) is 4.97. The zero-order valence-corrected chi connectivity index (χ0v) is 17.2. The molecule has 1 amide bonds. The quantitative estimate of drug-likeness (QED) is 0.582. The van der Waals surface area contributed by atoms with Gasteiger partial charge < -0.3 is 19.1 Å². The molecule has 1 heterocycles. The Bertz CT molecular complexity index is 1230. The van der Waals surface area contributed by atoms with E-state index in [1.54, 1.807) is 12.1 Å². The molecule has 7 heteroatoms. The van der Waals surface area contributed by atoms with Gasteiger partial charge in [0.25, 0.3) is 0 Å². The number of nitrogens with one attached hydrogen (secondary N) is 1. The Kier molecular flexibility index (Phi) is 4.84. The van der Waals surface area contributed by atoms with Crippen molar-refractivity contribution in [1.29, 1.82) is 0 Å². The third-order valence-electron chi connectivity index (χ3n) is 5.70. The fraction of sp³-hybridized carbons (Fsp3) is 0.333. The first-order chi connectivity index (χ1) is 16.1. The Morgan fingerprint density at radius 2 is 2.00 bits per heavy atom. The number of carbonyl (C=O) groups is 2. The predicted molar refractivity (Wildman–Crippen MR) is 118 cm³/mol. The van der Waals surface area contributed by atoms with Gasteiger partial charge in [0, 0.05) is 36.3 Å². The molecule has 0 unspecified atom stereocenters. The average Bonchev–Trinajstić information content (AvgIpc) is 3.36. The van der Waals surface area contributed by atoms with Crippen molar-refractivity contribution in [1.82, 2.24) is 4.57 Å². The van der Waals surface area contributed by atoms with E-state index in [9.17, 15) is 14.7 Å². The molecule has 2 N–H and O–H groups in total. The molecule has 31 heavy (non-hydrogen) atoms. The molecule has 162 valence electrons. The zero-order valence-electron chi connectivity index (χ0n) is 20.2. The lowest BCUT2D eigenvalue weighted by molar-refractivity contribution is 0.0696. The molecule has 1 aliphatic carbocycles. The minimum absolute atomic E-state index is 0.00803. The second kappa shape index (κ2) is 8.71. The highest BCUT2D eigenvalue weighted by Gasteiger charge is 2.19. The van der Waals surface area contributed by atoms with Crippen molar-refractivity contribution >= 4 is 28.7 Å². The number of ether oxygens (including phenoxy) is 2. The van der Waals surface area contributed by atoms with Gasteiger partial charge in [-0.1, -0.05) is 6.07 Å². The third kappa shape index (κ3) is 4.50. The molecule has 7 nitrogen and oxygen atoms in total. The van der Waals surface area contributed by atoms with Gasteiger partial charge in [-0.25, -0.2) is 9.59 Å². The normalized spacial score (nSPS) is 15.8. The molecule has 0 saturated heterocycles. The third-order valence-corrected chi connectivity index (χ3v) is 5.70. The van der Waals surface area contributed by atoms with Crippen LogP contribution in [0.15, 0.2) is 42.6 Å². The fourth-order valence-electron chi connectivity index (χ4n) is 4.13. The number of rotatable bonds is 6. The number of anilines is 1. The Morgan fingerprint density at radius 1 is 1.19 bits per heavy atom. The second-order valence-corrected chi connectivity index (χ2v) is 7.84. The molecule has 1 aromatic heterocycles. The van der Waals surface area contributed by atoms with Crippen LogP contribution in [0.5, 0.6) is 5.75 Å². The maximum absolute atomic E-state index is 12.3. The topological polar surface area (TPSA) is 89.8 Å². The minimum Gasteiger partial charge on any atom is -0.496 e. The Morgan fingerprint density at radius 3 is 2.74 bits per heavy atom. The number of aryl methyl sites for hydroxylation is 1. The van der Waals surface area contributed by atoms with Crippen LogP contribution < -0.4 is 10.1 Å². The summed E-state index contributed by atoms with van der Waals surface area (Å²) in [6.45, 7) is 0. The smallest absolute Gasteiger partial charge is 0.411 e. The van der Waals surface area contributed by atoms with Gasteiger partial charge in [-0.15, -0.1) is 0 Å². The number of carboxylic acid groups (broad SMARTS) is 1. The number of nitrogens with zero attached hydrogens (tertiary/aromatic N) is 1. The first kappa shape index (κ1) is 17.2. The van der Waals surface area contributed by atoms with Crippen LogP contribution in [0, 0.1) is 0 Å². The van der Waals surface area contributed by atoms with E-state index in [1.807, 2.05) is 29.9 Å². The maximum Gasteiger partial charge on any atom is 0.411 e. The van der Waals surface area contributed by atoms with Gasteiger partial charge in [0.2, 0.25) is 0 Å². The molecular formula is C24H26N2O5. The molecule has 0 aliphatic heterocycles. The highest BCUT2D eigenvalue weighted by Crippen LogP contribution is 2.30. The number of hydrogen-bond donors (Lipinski definition) is 2. The van der Waals surface area contributed by atoms with E-state index in [1.165, 1.54) is 12.1 Å². The van der Waals surface area contributed by atoms with E-state index in [4.69, 9.17) is 13.6 Å². The lowest BCUT2D eigenvalue weighted by Crippen LogP contribution is -2.20. The van der Waals surface area contributed by atoms with E-state index < -0.39 is 19.1 Å². The molecule has 1 saturated carbocycles. The Labute approximate surface area is 184 Å². The molecule has 0 bridgehead atoms. The van der Waals surface area contributed by atoms with Crippen LogP contribution in [0.2, 0.25) is 0 Å². The fourth-order valence-corrected chi connectivity index (χ4v) is 4.13. The van der Waals surface area contributed by atoms with Gasteiger partial charge in [0.15, 0.2) is 0 Å². The van der Waals surface area contributed by atoms with Crippen molar-refractivity contribution in [2.75, 3.05) is 12.4 Å². The minimum atomic E-state index is -2.72. The van der Waals surface area contributed by atoms with E-state index in [0.29, 0.717) is 17.7 Å². The summed E-state index contributed by atoms with van der Waals surface area (Å²) in [5.41, 5.74) is 2.85. The average molecular weight is 425 g/mol. The first-order valence-electron chi connectivity index (χ1n) is 11.7. The second-order valence-electron chi connectivity index (χ2n) is 7.84. The van der Waals surface area contributed by atoms with Crippen LogP contribution in [0.1, 0.15) is 51.3 Å². The molecular weight excluding hydrogens is 396 g/mol. The standard InChI is InChI=1S/C24H26N2O5/c1-26-14-17(11-15-7-8-16(23(27)28)12-22(15)30-2)20-13-18(9-10-21(20)26)25-24(29)31-19-5-3-4-6-19/h7-10,12-14,19H,3-6,11H2,1-2H3,(H,25,29)(H,27,28)/i2D3. The lowest BCUT2D eigenvalue weighted by Gasteiger charge is -2.12. The highest BCUT2D eigenvalue weighted by molar-refractivity contribution is 5.92. The van der Waals surface area contributed by atoms with Gasteiger partial charge in [-0.05, 0) is 67.1 Å². The summed E-state index contributed by atoms with van der Waals surface area (Å²) in [4.78, 5) is 23.7. The summed E-state index contributed by atoms with van der Waals surface area (Å²) in [6, 6.07) is 9.73. The number of aromatic carboxylic acids is 1. The summed E-state index contributed by atoms with van der Waals surface area (Å²) in [7, 11) is -0.831.